The minimum Gasteiger partial charge on any atom is -0.507 e. The van der Waals surface area contributed by atoms with Crippen LogP contribution in [0.2, 0.25) is 0 Å². The number of nitrogens with one attached hydrogen (secondary N) is 2. The summed E-state index contributed by atoms with van der Waals surface area (Å²) in [5.74, 6) is -3.48. The molecule has 6 atom stereocenters. The Kier molecular flexibility index (Phi) is 3.75. The minimum atomic E-state index is -0.537. The number of aryl methyl sites for hydroxylation is 2. The van der Waals surface area contributed by atoms with Crippen molar-refractivity contribution < 1.29 is 24.3 Å². The van der Waals surface area contributed by atoms with Gasteiger partial charge in [0.1, 0.15) is 5.75 Å². The van der Waals surface area contributed by atoms with Gasteiger partial charge in [-0.05, 0) is 49.3 Å². The molecule has 150 valence electrons. The van der Waals surface area contributed by atoms with Crippen LogP contribution < -0.4 is 10.6 Å². The summed E-state index contributed by atoms with van der Waals surface area (Å²) in [6.45, 7) is 3.61. The van der Waals surface area contributed by atoms with Crippen LogP contribution in [-0.4, -0.2) is 28.7 Å². The van der Waals surface area contributed by atoms with Gasteiger partial charge < -0.3 is 5.11 Å². The molecule has 4 aliphatic rings. The van der Waals surface area contributed by atoms with Crippen LogP contribution in [0.3, 0.4) is 0 Å². The number of rotatable bonds is 1. The molecule has 1 aromatic rings. The Labute approximate surface area is 167 Å². The molecule has 29 heavy (non-hydrogen) atoms. The maximum absolute atomic E-state index is 12.7. The van der Waals surface area contributed by atoms with Crippen molar-refractivity contribution in [3.05, 3.63) is 40.5 Å². The van der Waals surface area contributed by atoms with Crippen LogP contribution in [0.4, 0.5) is 0 Å². The summed E-state index contributed by atoms with van der Waals surface area (Å²) in [5, 5.41) is 15.1. The van der Waals surface area contributed by atoms with E-state index in [0.29, 0.717) is 24.0 Å². The van der Waals surface area contributed by atoms with Crippen LogP contribution in [0.1, 0.15) is 35.4 Å². The SMILES string of the molecule is Cc1cc([C@H]2C3=CC[C@@H]4C(=O)NC(=O)[C@@H]4[C@@H]3C[C@H]3C(=O)NC(=O)[C@@H]23)cc(C)c1O. The van der Waals surface area contributed by atoms with Gasteiger partial charge in [-0.1, -0.05) is 23.8 Å². The highest BCUT2D eigenvalue weighted by molar-refractivity contribution is 6.07. The molecule has 2 heterocycles. The van der Waals surface area contributed by atoms with E-state index in [2.05, 4.69) is 10.6 Å². The van der Waals surface area contributed by atoms with Crippen molar-refractivity contribution in [3.63, 3.8) is 0 Å². The molecule has 2 aliphatic carbocycles. The number of allylic oxidation sites excluding steroid dienone is 2. The number of hydrogen-bond acceptors (Lipinski definition) is 5. The highest BCUT2D eigenvalue weighted by atomic mass is 16.3. The molecular formula is C22H22N2O5. The molecule has 2 aliphatic heterocycles. The number of carbonyl (C=O) groups excluding carboxylic acids is 4. The van der Waals surface area contributed by atoms with Gasteiger partial charge in [-0.25, -0.2) is 0 Å². The Hall–Kier alpha value is -2.96. The van der Waals surface area contributed by atoms with E-state index in [4.69, 9.17) is 0 Å². The number of carbonyl (C=O) groups is 4. The third-order valence-corrected chi connectivity index (χ3v) is 7.21. The minimum absolute atomic E-state index is 0.211. The van der Waals surface area contributed by atoms with Gasteiger partial charge in [-0.15, -0.1) is 0 Å². The summed E-state index contributed by atoms with van der Waals surface area (Å²) in [6.07, 6.45) is 2.84. The van der Waals surface area contributed by atoms with Gasteiger partial charge in [-0.2, -0.15) is 0 Å². The Balaban J connectivity index is 1.68. The topological polar surface area (TPSA) is 113 Å². The predicted molar refractivity (Wildman–Crippen MR) is 101 cm³/mol. The second-order valence-electron chi connectivity index (χ2n) is 8.73. The van der Waals surface area contributed by atoms with Crippen molar-refractivity contribution in [2.24, 2.45) is 29.6 Å². The fraction of sp³-hybridized carbons (Fsp3) is 0.455. The van der Waals surface area contributed by atoms with Gasteiger partial charge in [0, 0.05) is 5.92 Å². The van der Waals surface area contributed by atoms with Crippen LogP contribution in [0.5, 0.6) is 5.75 Å². The molecule has 2 saturated heterocycles. The number of aromatic hydroxyl groups is 1. The second-order valence-corrected chi connectivity index (χ2v) is 8.73. The average Bonchev–Trinajstić information content (AvgIpc) is 3.12. The first-order chi connectivity index (χ1) is 13.8. The lowest BCUT2D eigenvalue weighted by Crippen LogP contribution is -2.42. The van der Waals surface area contributed by atoms with E-state index in [9.17, 15) is 24.3 Å². The van der Waals surface area contributed by atoms with Gasteiger partial charge in [0.05, 0.1) is 23.7 Å². The van der Waals surface area contributed by atoms with E-state index in [-0.39, 0.29) is 41.2 Å². The fourth-order valence-electron chi connectivity index (χ4n) is 5.95. The number of amides is 4. The monoisotopic (exact) mass is 394 g/mol. The molecule has 3 N–H and O–H groups in total. The maximum Gasteiger partial charge on any atom is 0.231 e. The van der Waals surface area contributed by atoms with Gasteiger partial charge in [0.25, 0.3) is 0 Å². The van der Waals surface area contributed by atoms with Crippen molar-refractivity contribution in [3.8, 4) is 5.75 Å². The van der Waals surface area contributed by atoms with Gasteiger partial charge in [0.2, 0.25) is 23.6 Å². The fourth-order valence-corrected chi connectivity index (χ4v) is 5.95. The first kappa shape index (κ1) is 18.1. The molecule has 0 unspecified atom stereocenters. The summed E-state index contributed by atoms with van der Waals surface area (Å²) < 4.78 is 0. The normalized spacial score (nSPS) is 35.4. The van der Waals surface area contributed by atoms with E-state index in [1.54, 1.807) is 13.8 Å². The van der Waals surface area contributed by atoms with Crippen molar-refractivity contribution in [1.82, 2.24) is 10.6 Å². The predicted octanol–water partition coefficient (Wildman–Crippen LogP) is 1.22. The number of imide groups is 2. The molecule has 5 rings (SSSR count). The van der Waals surface area contributed by atoms with E-state index >= 15 is 0 Å². The summed E-state index contributed by atoms with van der Waals surface area (Å²) in [6, 6.07) is 3.71. The Morgan fingerprint density at radius 1 is 0.828 bits per heavy atom. The van der Waals surface area contributed by atoms with Crippen molar-refractivity contribution in [2.45, 2.75) is 32.6 Å². The third-order valence-electron chi connectivity index (χ3n) is 7.21. The number of hydrogen-bond donors (Lipinski definition) is 3. The number of benzene rings is 1. The Morgan fingerprint density at radius 3 is 2.07 bits per heavy atom. The zero-order valence-electron chi connectivity index (χ0n) is 16.2. The molecule has 0 spiro atoms. The molecule has 0 radical (unpaired) electrons. The van der Waals surface area contributed by atoms with Crippen molar-refractivity contribution in [1.29, 1.82) is 0 Å². The van der Waals surface area contributed by atoms with Crippen LogP contribution in [0.15, 0.2) is 23.8 Å². The molecule has 0 aromatic heterocycles. The zero-order valence-corrected chi connectivity index (χ0v) is 16.2. The standard InChI is InChI=1S/C22H22N2O5/c1-8-5-10(6-9(2)18(8)25)15-11-3-4-12-16(21(28)23-19(12)26)13(11)7-14-17(15)22(29)24-20(14)27/h3,5-6,12-17,25H,4,7H2,1-2H3,(H,23,26,28)(H,24,27,29)/t12-,13+,14+,15-,16-,17+/m0/s1. The summed E-state index contributed by atoms with van der Waals surface area (Å²) in [5.41, 5.74) is 3.22. The summed E-state index contributed by atoms with van der Waals surface area (Å²) in [4.78, 5) is 50.0. The number of fused-ring (bicyclic) bond motifs is 4. The van der Waals surface area contributed by atoms with E-state index < -0.39 is 23.7 Å². The molecule has 3 fully saturated rings. The molecule has 0 bridgehead atoms. The first-order valence-electron chi connectivity index (χ1n) is 9.97. The largest absolute Gasteiger partial charge is 0.507 e. The first-order valence-corrected chi connectivity index (χ1v) is 9.97. The molecule has 7 nitrogen and oxygen atoms in total. The zero-order chi connectivity index (χ0) is 20.6. The van der Waals surface area contributed by atoms with Crippen LogP contribution in [-0.2, 0) is 19.2 Å². The average molecular weight is 394 g/mol. The second kappa shape index (κ2) is 6.02. The number of phenols is 1. The third kappa shape index (κ3) is 2.42. The molecular weight excluding hydrogens is 372 g/mol. The number of phenolic OH excluding ortho intramolecular Hbond substituents is 1. The summed E-state index contributed by atoms with van der Waals surface area (Å²) >= 11 is 0. The quantitative estimate of drug-likeness (QED) is 0.490. The Morgan fingerprint density at radius 2 is 1.41 bits per heavy atom. The van der Waals surface area contributed by atoms with Crippen molar-refractivity contribution >= 4 is 23.6 Å². The van der Waals surface area contributed by atoms with E-state index in [1.807, 2.05) is 18.2 Å². The highest BCUT2D eigenvalue weighted by Crippen LogP contribution is 2.56. The van der Waals surface area contributed by atoms with Gasteiger partial charge in [0.15, 0.2) is 0 Å². The lowest BCUT2D eigenvalue weighted by Gasteiger charge is -2.44. The molecule has 4 amide bonds. The van der Waals surface area contributed by atoms with E-state index in [0.717, 1.165) is 11.1 Å². The van der Waals surface area contributed by atoms with Crippen LogP contribution in [0, 0.1) is 43.4 Å². The highest BCUT2D eigenvalue weighted by Gasteiger charge is 2.58. The lowest BCUT2D eigenvalue weighted by molar-refractivity contribution is -0.128. The van der Waals surface area contributed by atoms with Gasteiger partial charge >= 0.3 is 0 Å². The van der Waals surface area contributed by atoms with Crippen LogP contribution in [0.25, 0.3) is 0 Å². The molecule has 1 aromatic carbocycles. The molecule has 1 saturated carbocycles. The smallest absolute Gasteiger partial charge is 0.231 e. The van der Waals surface area contributed by atoms with Crippen molar-refractivity contribution in [2.75, 3.05) is 0 Å². The van der Waals surface area contributed by atoms with Gasteiger partial charge in [-0.3, -0.25) is 29.8 Å². The Bertz CT molecular complexity index is 1000. The van der Waals surface area contributed by atoms with E-state index in [1.165, 1.54) is 0 Å². The van der Waals surface area contributed by atoms with Crippen LogP contribution >= 0.6 is 0 Å². The lowest BCUT2D eigenvalue weighted by atomic mass is 9.57. The molecule has 7 heteroatoms. The summed E-state index contributed by atoms with van der Waals surface area (Å²) in [7, 11) is 0. The maximum atomic E-state index is 12.7.